The second-order valence-corrected chi connectivity index (χ2v) is 5.03. The Morgan fingerprint density at radius 3 is 2.47 bits per heavy atom. The number of nitrogens with two attached hydrogens (primary N) is 1. The summed E-state index contributed by atoms with van der Waals surface area (Å²) in [5.41, 5.74) is 6.90. The maximum atomic E-state index is 12.4. The third-order valence-corrected chi connectivity index (χ3v) is 3.53. The molecule has 0 unspecified atom stereocenters. The lowest BCUT2D eigenvalue weighted by atomic mass is 9.79. The van der Waals surface area contributed by atoms with Crippen LogP contribution in [0.3, 0.4) is 0 Å². The maximum Gasteiger partial charge on any atom is 0.234 e. The van der Waals surface area contributed by atoms with Crippen LogP contribution in [0, 0.1) is 19.3 Å². The number of hydrogen-bond acceptors (Lipinski definition) is 5. The first-order chi connectivity index (χ1) is 9.05. The molecule has 6 nitrogen and oxygen atoms in total. The van der Waals surface area contributed by atoms with Crippen molar-refractivity contribution in [2.75, 3.05) is 25.1 Å². The number of hydrogen-bond donors (Lipinski definition) is 2. The zero-order valence-electron chi connectivity index (χ0n) is 11.4. The minimum absolute atomic E-state index is 0.108. The van der Waals surface area contributed by atoms with Crippen LogP contribution in [0.15, 0.2) is 6.07 Å². The fourth-order valence-electron chi connectivity index (χ4n) is 2.30. The highest BCUT2D eigenvalue weighted by Gasteiger charge is 2.39. The van der Waals surface area contributed by atoms with E-state index in [1.165, 1.54) is 0 Å². The quantitative estimate of drug-likeness (QED) is 0.842. The molecule has 2 rings (SSSR count). The van der Waals surface area contributed by atoms with Gasteiger partial charge in [0, 0.05) is 31.1 Å². The minimum Gasteiger partial charge on any atom is -0.381 e. The van der Waals surface area contributed by atoms with Gasteiger partial charge in [0.15, 0.2) is 0 Å². The molecular weight excluding hydrogens is 244 g/mol. The second kappa shape index (κ2) is 5.63. The van der Waals surface area contributed by atoms with Gasteiger partial charge in [-0.25, -0.2) is 9.97 Å². The molecule has 19 heavy (non-hydrogen) atoms. The van der Waals surface area contributed by atoms with E-state index in [2.05, 4.69) is 15.3 Å². The summed E-state index contributed by atoms with van der Waals surface area (Å²) >= 11 is 0. The molecule has 1 aliphatic heterocycles. The molecule has 1 aromatic heterocycles. The lowest BCUT2D eigenvalue weighted by Crippen LogP contribution is -2.46. The van der Waals surface area contributed by atoms with Gasteiger partial charge in [-0.15, -0.1) is 0 Å². The van der Waals surface area contributed by atoms with Gasteiger partial charge in [0.05, 0.1) is 5.41 Å². The third-order valence-electron chi connectivity index (χ3n) is 3.53. The summed E-state index contributed by atoms with van der Waals surface area (Å²) in [4.78, 5) is 20.9. The van der Waals surface area contributed by atoms with E-state index in [0.717, 1.165) is 11.4 Å². The first kappa shape index (κ1) is 13.9. The van der Waals surface area contributed by atoms with Gasteiger partial charge < -0.3 is 10.5 Å². The lowest BCUT2D eigenvalue weighted by Gasteiger charge is -2.34. The molecule has 6 heteroatoms. The van der Waals surface area contributed by atoms with Gasteiger partial charge in [-0.1, -0.05) is 0 Å². The number of nitrogens with one attached hydrogen (secondary N) is 1. The molecule has 3 N–H and O–H groups in total. The Hall–Kier alpha value is -1.53. The third kappa shape index (κ3) is 3.08. The van der Waals surface area contributed by atoms with E-state index in [9.17, 15) is 4.79 Å². The van der Waals surface area contributed by atoms with Crippen molar-refractivity contribution in [2.45, 2.75) is 26.7 Å². The SMILES string of the molecule is Cc1cc(C)nc(NC(=O)C2(CN)CCOCC2)n1. The monoisotopic (exact) mass is 264 g/mol. The van der Waals surface area contributed by atoms with Crippen molar-refractivity contribution in [3.63, 3.8) is 0 Å². The Balaban J connectivity index is 2.14. The predicted molar refractivity (Wildman–Crippen MR) is 71.7 cm³/mol. The number of ether oxygens (including phenoxy) is 1. The van der Waals surface area contributed by atoms with Crippen LogP contribution in [0.25, 0.3) is 0 Å². The summed E-state index contributed by atoms with van der Waals surface area (Å²) in [5, 5.41) is 2.79. The number of rotatable bonds is 3. The molecule has 1 fully saturated rings. The van der Waals surface area contributed by atoms with Crippen molar-refractivity contribution >= 4 is 11.9 Å². The van der Waals surface area contributed by atoms with Crippen LogP contribution in [-0.4, -0.2) is 35.6 Å². The molecule has 0 aliphatic carbocycles. The van der Waals surface area contributed by atoms with Crippen molar-refractivity contribution in [2.24, 2.45) is 11.1 Å². The van der Waals surface area contributed by atoms with Crippen LogP contribution in [-0.2, 0) is 9.53 Å². The second-order valence-electron chi connectivity index (χ2n) is 5.03. The summed E-state index contributed by atoms with van der Waals surface area (Å²) in [7, 11) is 0. The van der Waals surface area contributed by atoms with Gasteiger partial charge in [-0.2, -0.15) is 0 Å². The van der Waals surface area contributed by atoms with Crippen molar-refractivity contribution < 1.29 is 9.53 Å². The van der Waals surface area contributed by atoms with Crippen LogP contribution in [0.2, 0.25) is 0 Å². The lowest BCUT2D eigenvalue weighted by molar-refractivity contribution is -0.130. The summed E-state index contributed by atoms with van der Waals surface area (Å²) in [6, 6.07) is 1.86. The number of carbonyl (C=O) groups excluding carboxylic acids is 1. The van der Waals surface area contributed by atoms with E-state index in [1.54, 1.807) is 0 Å². The zero-order chi connectivity index (χ0) is 13.9. The topological polar surface area (TPSA) is 90.1 Å². The fraction of sp³-hybridized carbons (Fsp3) is 0.615. The summed E-state index contributed by atoms with van der Waals surface area (Å²) in [6.45, 7) is 5.19. The first-order valence-corrected chi connectivity index (χ1v) is 6.47. The van der Waals surface area contributed by atoms with Gasteiger partial charge >= 0.3 is 0 Å². The highest BCUT2D eigenvalue weighted by atomic mass is 16.5. The molecule has 0 spiro atoms. The molecule has 0 radical (unpaired) electrons. The van der Waals surface area contributed by atoms with E-state index < -0.39 is 5.41 Å². The van der Waals surface area contributed by atoms with Crippen molar-refractivity contribution in [3.05, 3.63) is 17.5 Å². The molecule has 0 atom stereocenters. The molecule has 1 aromatic rings. The van der Waals surface area contributed by atoms with Gasteiger partial charge in [-0.3, -0.25) is 10.1 Å². The number of aromatic nitrogens is 2. The van der Waals surface area contributed by atoms with E-state index in [4.69, 9.17) is 10.5 Å². The largest absolute Gasteiger partial charge is 0.381 e. The zero-order valence-corrected chi connectivity index (χ0v) is 11.4. The van der Waals surface area contributed by atoms with Gasteiger partial charge in [-0.05, 0) is 32.8 Å². The van der Waals surface area contributed by atoms with Crippen LogP contribution in [0.4, 0.5) is 5.95 Å². The standard InChI is InChI=1S/C13H20N4O2/c1-9-7-10(2)16-12(15-9)17-11(18)13(8-14)3-5-19-6-4-13/h7H,3-6,8,14H2,1-2H3,(H,15,16,17,18). The van der Waals surface area contributed by atoms with E-state index in [0.29, 0.717) is 38.5 Å². The first-order valence-electron chi connectivity index (χ1n) is 6.47. The average molecular weight is 264 g/mol. The average Bonchev–Trinajstić information content (AvgIpc) is 2.38. The van der Waals surface area contributed by atoms with E-state index in [1.807, 2.05) is 19.9 Å². The molecule has 0 aromatic carbocycles. The number of amides is 1. The smallest absolute Gasteiger partial charge is 0.234 e. The predicted octanol–water partition coefficient (Wildman–Crippen LogP) is 0.787. The van der Waals surface area contributed by atoms with Crippen molar-refractivity contribution in [3.8, 4) is 0 Å². The van der Waals surface area contributed by atoms with Crippen LogP contribution in [0.5, 0.6) is 0 Å². The van der Waals surface area contributed by atoms with E-state index >= 15 is 0 Å². The summed E-state index contributed by atoms with van der Waals surface area (Å²) in [6.07, 6.45) is 1.28. The Kier molecular flexibility index (Phi) is 4.11. The van der Waals surface area contributed by atoms with Gasteiger partial charge in [0.2, 0.25) is 11.9 Å². The number of nitrogens with zero attached hydrogens (tertiary/aromatic N) is 2. The normalized spacial score (nSPS) is 18.1. The molecule has 0 bridgehead atoms. The van der Waals surface area contributed by atoms with Crippen LogP contribution < -0.4 is 11.1 Å². The Morgan fingerprint density at radius 1 is 1.37 bits per heavy atom. The van der Waals surface area contributed by atoms with Crippen LogP contribution >= 0.6 is 0 Å². The molecule has 0 saturated carbocycles. The highest BCUT2D eigenvalue weighted by molar-refractivity contribution is 5.94. The minimum atomic E-state index is -0.556. The number of carbonyl (C=O) groups is 1. The molecular formula is C13H20N4O2. The number of aryl methyl sites for hydroxylation is 2. The Labute approximate surface area is 112 Å². The number of anilines is 1. The van der Waals surface area contributed by atoms with Crippen molar-refractivity contribution in [1.82, 2.24) is 9.97 Å². The summed E-state index contributed by atoms with van der Waals surface area (Å²) in [5.74, 6) is 0.241. The van der Waals surface area contributed by atoms with Crippen molar-refractivity contribution in [1.29, 1.82) is 0 Å². The maximum absolute atomic E-state index is 12.4. The molecule has 1 saturated heterocycles. The molecule has 1 amide bonds. The van der Waals surface area contributed by atoms with Gasteiger partial charge in [0.1, 0.15) is 0 Å². The van der Waals surface area contributed by atoms with Crippen LogP contribution in [0.1, 0.15) is 24.2 Å². The fourth-order valence-corrected chi connectivity index (χ4v) is 2.30. The summed E-state index contributed by atoms with van der Waals surface area (Å²) < 4.78 is 5.30. The molecule has 1 aliphatic rings. The Bertz CT molecular complexity index is 449. The van der Waals surface area contributed by atoms with Gasteiger partial charge in [0.25, 0.3) is 0 Å². The Morgan fingerprint density at radius 2 is 1.95 bits per heavy atom. The molecule has 104 valence electrons. The highest BCUT2D eigenvalue weighted by Crippen LogP contribution is 2.30. The van der Waals surface area contributed by atoms with E-state index in [-0.39, 0.29) is 5.91 Å². The molecule has 2 heterocycles.